The molecule has 6 aliphatic carbocycles. The van der Waals surface area contributed by atoms with E-state index in [0.29, 0.717) is 68.7 Å². The third kappa shape index (κ3) is 12.1. The molecule has 3 aromatic carbocycles. The van der Waals surface area contributed by atoms with E-state index in [2.05, 4.69) is 30.1 Å². The second-order valence-electron chi connectivity index (χ2n) is 23.2. The van der Waals surface area contributed by atoms with Gasteiger partial charge in [-0.1, -0.05) is 123 Å². The number of ether oxygens (including phenoxy) is 3. The molecule has 0 aromatic heterocycles. The lowest BCUT2D eigenvalue weighted by Gasteiger charge is -2.40. The lowest BCUT2D eigenvalue weighted by molar-refractivity contribution is -0.141. The number of halogens is 5. The molecule has 0 spiro atoms. The Kier molecular flexibility index (Phi) is 17.2. The molecule has 3 heterocycles. The van der Waals surface area contributed by atoms with E-state index in [1.807, 2.05) is 6.92 Å². The molecule has 0 radical (unpaired) electrons. The summed E-state index contributed by atoms with van der Waals surface area (Å²) in [7, 11) is -11.4. The van der Waals surface area contributed by atoms with Crippen molar-refractivity contribution in [3.8, 4) is 0 Å². The fourth-order valence-electron chi connectivity index (χ4n) is 13.4. The van der Waals surface area contributed by atoms with Crippen LogP contribution in [0, 0.1) is 24.7 Å². The van der Waals surface area contributed by atoms with E-state index in [-0.39, 0.29) is 55.8 Å². The first-order valence-corrected chi connectivity index (χ1v) is 33.4. The molecular formula is C55H62BrCl4N3O16S3. The Balaban J connectivity index is 0.000000142. The van der Waals surface area contributed by atoms with Crippen LogP contribution in [0.4, 0.5) is 0 Å². The van der Waals surface area contributed by atoms with E-state index in [4.69, 9.17) is 65.7 Å². The van der Waals surface area contributed by atoms with Crippen LogP contribution in [0.5, 0.6) is 0 Å². The Morgan fingerprint density at radius 2 is 0.780 bits per heavy atom. The van der Waals surface area contributed by atoms with Gasteiger partial charge in [0.15, 0.2) is 0 Å². The van der Waals surface area contributed by atoms with Crippen LogP contribution in [0.1, 0.15) is 95.2 Å². The van der Waals surface area contributed by atoms with Gasteiger partial charge in [-0.3, -0.25) is 0 Å². The molecule has 0 amide bonds. The van der Waals surface area contributed by atoms with Crippen LogP contribution in [0.3, 0.4) is 0 Å². The number of aliphatic hydroxyl groups is 4. The van der Waals surface area contributed by atoms with Crippen LogP contribution in [0.25, 0.3) is 0 Å². The van der Waals surface area contributed by atoms with Gasteiger partial charge in [0, 0.05) is 21.9 Å². The van der Waals surface area contributed by atoms with E-state index in [0.717, 1.165) is 11.1 Å². The average molecular weight is 1340 g/mol. The normalized spacial score (nSPS) is 34.6. The lowest BCUT2D eigenvalue weighted by atomic mass is 9.71. The first kappa shape index (κ1) is 63.0. The van der Waals surface area contributed by atoms with Crippen molar-refractivity contribution in [2.75, 3.05) is 0 Å². The highest BCUT2D eigenvalue weighted by Gasteiger charge is 2.66. The summed E-state index contributed by atoms with van der Waals surface area (Å²) < 4.78 is 99.1. The molecule has 3 aliphatic heterocycles. The van der Waals surface area contributed by atoms with Gasteiger partial charge in [0.05, 0.1) is 38.0 Å². The van der Waals surface area contributed by atoms with Gasteiger partial charge < -0.3 is 34.6 Å². The standard InChI is InChI=1S/C18H20BrNO5S.C18H21NO6S.C18H21NO5S.CCl4/c1-17(20-26(23,24)13-5-2-11(10-19)3-6-13)8-12-4-7-15-18(12,22)14(9-17)16(21)25-15;1-17(19-26(23,24)13-5-2-11(10-20)3-6-13)8-12-4-7-15-18(12,22)14(9-17)16(21)25-15;1-11-3-6-13(7-4-11)25(22,23)19-17(2)9-12-5-8-15-18(12,21)14(10-17)16(20)24-15;2-1(3,4)5/h2-3,5-6,9,12,15,20,22H,4,7-8,10H2,1H3;2-3,5-6,9,12,15,19-20,22H,4,7-8,10H2,1H3;3-4,6-7,10,12,15,19,21H,5,8-9H2,1-2H3;/t3*12?,15-,17-,18+;/m111./s1. The highest BCUT2D eigenvalue weighted by atomic mass is 79.9. The maximum Gasteiger partial charge on any atom is 0.337 e. The number of aryl methyl sites for hydroxylation is 1. The van der Waals surface area contributed by atoms with Gasteiger partial charge in [-0.25, -0.2) is 53.8 Å². The minimum absolute atomic E-state index is 0.0773. The van der Waals surface area contributed by atoms with Gasteiger partial charge >= 0.3 is 17.9 Å². The monoisotopic (exact) mass is 1340 g/mol. The zero-order valence-corrected chi connectivity index (χ0v) is 51.8. The number of hydrogen-bond donors (Lipinski definition) is 7. The first-order valence-electron chi connectivity index (χ1n) is 26.3. The number of benzene rings is 3. The van der Waals surface area contributed by atoms with E-state index in [9.17, 15) is 55.0 Å². The van der Waals surface area contributed by atoms with Crippen LogP contribution in [0.2, 0.25) is 0 Å². The number of alkyl halides is 5. The topological polar surface area (TPSA) is 298 Å². The van der Waals surface area contributed by atoms with Crippen LogP contribution < -0.4 is 14.2 Å². The highest BCUT2D eigenvalue weighted by Crippen LogP contribution is 2.57. The van der Waals surface area contributed by atoms with E-state index in [1.165, 1.54) is 18.2 Å². The minimum atomic E-state index is -3.84. The first-order chi connectivity index (χ1) is 38.0. The number of hydrogen-bond acceptors (Lipinski definition) is 16. The minimum Gasteiger partial charge on any atom is -0.455 e. The van der Waals surface area contributed by atoms with Gasteiger partial charge in [-0.05, 0) is 151 Å². The molecular weight excluding hydrogens is 1280 g/mol. The lowest BCUT2D eigenvalue weighted by Crippen LogP contribution is -2.54. The van der Waals surface area contributed by atoms with E-state index in [1.54, 1.807) is 93.6 Å². The molecule has 19 nitrogen and oxygen atoms in total. The fraction of sp³-hybridized carbons (Fsp3) is 0.509. The number of esters is 3. The van der Waals surface area contributed by atoms with Crippen molar-refractivity contribution in [2.45, 2.75) is 167 Å². The Morgan fingerprint density at radius 3 is 1.05 bits per heavy atom. The molecule has 12 rings (SSSR count). The molecule has 12 atom stereocenters. The van der Waals surface area contributed by atoms with Gasteiger partial charge in [0.25, 0.3) is 3.25 Å². The second kappa shape index (κ2) is 22.3. The van der Waals surface area contributed by atoms with Gasteiger partial charge in [0.2, 0.25) is 30.1 Å². The maximum atomic E-state index is 12.8. The number of sulfonamides is 3. The van der Waals surface area contributed by atoms with Crippen LogP contribution in [-0.4, -0.2) is 119 Å². The second-order valence-corrected chi connectivity index (χ2v) is 32.2. The van der Waals surface area contributed by atoms with Crippen molar-refractivity contribution in [3.05, 3.63) is 124 Å². The fourth-order valence-corrected chi connectivity index (χ4v) is 17.9. The molecule has 7 N–H and O–H groups in total. The Morgan fingerprint density at radius 1 is 0.512 bits per heavy atom. The van der Waals surface area contributed by atoms with Crippen LogP contribution in [-0.2, 0) is 70.6 Å². The van der Waals surface area contributed by atoms with E-state index < -0.39 is 103 Å². The zero-order chi connectivity index (χ0) is 60.0. The summed E-state index contributed by atoms with van der Waals surface area (Å²) in [5.74, 6) is -2.30. The highest BCUT2D eigenvalue weighted by molar-refractivity contribution is 9.08. The number of carbonyl (C=O) groups is 3. The molecule has 446 valence electrons. The van der Waals surface area contributed by atoms with Crippen LogP contribution >= 0.6 is 62.3 Å². The molecule has 27 heteroatoms. The van der Waals surface area contributed by atoms with E-state index >= 15 is 0 Å². The Hall–Kier alpha value is -3.50. The predicted octanol–water partition coefficient (Wildman–Crippen LogP) is 6.61. The summed E-state index contributed by atoms with van der Waals surface area (Å²) in [5, 5.41) is 42.7. The maximum absolute atomic E-state index is 12.8. The summed E-state index contributed by atoms with van der Waals surface area (Å²) in [6.45, 7) is 6.91. The molecule has 9 aliphatic rings. The molecule has 0 bridgehead atoms. The van der Waals surface area contributed by atoms with Crippen molar-refractivity contribution in [3.63, 3.8) is 0 Å². The van der Waals surface area contributed by atoms with Crippen molar-refractivity contribution < 1.29 is 74.3 Å². The number of aliphatic hydroxyl groups excluding tert-OH is 1. The molecule has 6 fully saturated rings. The summed E-state index contributed by atoms with van der Waals surface area (Å²) in [6, 6.07) is 19.2. The quantitative estimate of drug-likeness (QED) is 0.0604. The third-order valence-electron chi connectivity index (χ3n) is 17.0. The molecule has 3 unspecified atom stereocenters. The molecule has 3 saturated carbocycles. The Bertz CT molecular complexity index is 3340. The average Bonchev–Trinajstić information content (AvgIpc) is 1.76. The van der Waals surface area contributed by atoms with Crippen molar-refractivity contribution >= 4 is 110 Å². The molecule has 3 aromatic rings. The van der Waals surface area contributed by atoms with Gasteiger partial charge in [-0.15, -0.1) is 0 Å². The number of rotatable bonds is 11. The zero-order valence-electron chi connectivity index (χ0n) is 44.7. The number of nitrogens with one attached hydrogen (secondary N) is 3. The van der Waals surface area contributed by atoms with Gasteiger partial charge in [-0.2, -0.15) is 0 Å². The Labute approximate surface area is 504 Å². The predicted molar refractivity (Wildman–Crippen MR) is 306 cm³/mol. The summed E-state index contributed by atoms with van der Waals surface area (Å²) in [6.07, 6.45) is 8.13. The van der Waals surface area contributed by atoms with Crippen molar-refractivity contribution in [2.24, 2.45) is 17.8 Å². The van der Waals surface area contributed by atoms with Crippen LogP contribution in [0.15, 0.2) is 122 Å². The molecule has 3 saturated heterocycles. The summed E-state index contributed by atoms with van der Waals surface area (Å²) in [4.78, 5) is 36.9. The largest absolute Gasteiger partial charge is 0.455 e. The van der Waals surface area contributed by atoms with Crippen molar-refractivity contribution in [1.82, 2.24) is 14.2 Å². The molecule has 82 heavy (non-hydrogen) atoms. The summed E-state index contributed by atoms with van der Waals surface area (Å²) in [5.41, 5.74) is -3.65. The van der Waals surface area contributed by atoms with Gasteiger partial charge in [0.1, 0.15) is 35.1 Å². The third-order valence-corrected chi connectivity index (χ3v) is 22.5. The summed E-state index contributed by atoms with van der Waals surface area (Å²) >= 11 is 22.6. The SMILES string of the molecule is C[C@]1(NS(=O)(=O)c2ccc(CBr)cc2)C=C2C(=O)O[C@@H]3CCC(C1)[C@]23O.C[C@]1(NS(=O)(=O)c2ccc(CO)cc2)C=C2C(=O)O[C@@H]3CCC(C1)[C@]23O.Cc1ccc(S(=O)(=O)N[C@@]2(C)C=C3C(=O)O[C@@H]4CCC(C2)[C@]34O)cc1.ClC(Cl)(Cl)Cl. The number of carbonyl (C=O) groups excluding carboxylic acids is 3. The smallest absolute Gasteiger partial charge is 0.337 e. The van der Waals surface area contributed by atoms with Crippen molar-refractivity contribution in [1.29, 1.82) is 0 Å².